The molecule has 3 heteroatoms. The molecule has 0 radical (unpaired) electrons. The highest BCUT2D eigenvalue weighted by Crippen LogP contribution is 2.25. The van der Waals surface area contributed by atoms with Crippen LogP contribution in [-0.2, 0) is 0 Å². The fraction of sp³-hybridized carbons (Fsp3) is 0.583. The number of nitrogen functional groups attached to an aromatic ring is 1. The van der Waals surface area contributed by atoms with E-state index < -0.39 is 0 Å². The van der Waals surface area contributed by atoms with E-state index in [2.05, 4.69) is 22.9 Å². The van der Waals surface area contributed by atoms with Gasteiger partial charge in [0.2, 0.25) is 0 Å². The van der Waals surface area contributed by atoms with Gasteiger partial charge in [0.1, 0.15) is 5.82 Å². The van der Waals surface area contributed by atoms with Gasteiger partial charge in [-0.2, -0.15) is 0 Å². The van der Waals surface area contributed by atoms with Crippen molar-refractivity contribution < 1.29 is 0 Å². The van der Waals surface area contributed by atoms with E-state index in [9.17, 15) is 0 Å². The molecule has 0 aliphatic carbocycles. The minimum atomic E-state index is 0.659. The summed E-state index contributed by atoms with van der Waals surface area (Å²) in [6.45, 7) is 4.55. The fourth-order valence-electron chi connectivity index (χ4n) is 2.18. The van der Waals surface area contributed by atoms with Gasteiger partial charge >= 0.3 is 0 Å². The Kier molecular flexibility index (Phi) is 3.09. The lowest BCUT2D eigenvalue weighted by Gasteiger charge is -2.23. The van der Waals surface area contributed by atoms with E-state index >= 15 is 0 Å². The first-order valence-electron chi connectivity index (χ1n) is 5.73. The third-order valence-corrected chi connectivity index (χ3v) is 3.17. The predicted molar refractivity (Wildman–Crippen MR) is 63.9 cm³/mol. The Morgan fingerprint density at radius 1 is 1.40 bits per heavy atom. The Hall–Kier alpha value is -1.25. The highest BCUT2D eigenvalue weighted by Gasteiger charge is 2.15. The lowest BCUT2D eigenvalue weighted by Crippen LogP contribution is -2.25. The maximum atomic E-state index is 5.88. The van der Waals surface area contributed by atoms with E-state index in [0.717, 1.165) is 24.7 Å². The molecule has 0 bridgehead atoms. The van der Waals surface area contributed by atoms with Crippen LogP contribution in [0.2, 0.25) is 0 Å². The summed E-state index contributed by atoms with van der Waals surface area (Å²) in [4.78, 5) is 6.51. The molecule has 0 aromatic carbocycles. The van der Waals surface area contributed by atoms with Crippen molar-refractivity contribution in [2.24, 2.45) is 5.92 Å². The van der Waals surface area contributed by atoms with Crippen LogP contribution in [0.3, 0.4) is 0 Å². The lowest BCUT2D eigenvalue weighted by molar-refractivity contribution is 0.521. The SMILES string of the molecule is CC1CCCN(c2cccnc2N)CC1. The molecule has 0 amide bonds. The van der Waals surface area contributed by atoms with Crippen LogP contribution in [0.5, 0.6) is 0 Å². The summed E-state index contributed by atoms with van der Waals surface area (Å²) >= 11 is 0. The molecule has 2 heterocycles. The van der Waals surface area contributed by atoms with Gasteiger partial charge in [-0.1, -0.05) is 6.92 Å². The number of anilines is 2. The van der Waals surface area contributed by atoms with Crippen LogP contribution < -0.4 is 10.6 Å². The van der Waals surface area contributed by atoms with Gasteiger partial charge < -0.3 is 10.6 Å². The average Bonchev–Trinajstić information content (AvgIpc) is 2.44. The number of hydrogen-bond donors (Lipinski definition) is 1. The van der Waals surface area contributed by atoms with Gasteiger partial charge in [-0.15, -0.1) is 0 Å². The van der Waals surface area contributed by atoms with Crippen molar-refractivity contribution in [3.8, 4) is 0 Å². The number of hydrogen-bond acceptors (Lipinski definition) is 3. The van der Waals surface area contributed by atoms with Gasteiger partial charge in [-0.3, -0.25) is 0 Å². The summed E-state index contributed by atoms with van der Waals surface area (Å²) in [5.41, 5.74) is 6.99. The largest absolute Gasteiger partial charge is 0.382 e. The Balaban J connectivity index is 2.13. The maximum Gasteiger partial charge on any atom is 0.146 e. The Morgan fingerprint density at radius 2 is 2.27 bits per heavy atom. The molecule has 1 saturated heterocycles. The number of nitrogens with zero attached hydrogens (tertiary/aromatic N) is 2. The van der Waals surface area contributed by atoms with Gasteiger partial charge in [-0.25, -0.2) is 4.98 Å². The van der Waals surface area contributed by atoms with Gasteiger partial charge in [0.05, 0.1) is 5.69 Å². The van der Waals surface area contributed by atoms with Crippen molar-refractivity contribution in [2.75, 3.05) is 23.7 Å². The molecule has 3 nitrogen and oxygen atoms in total. The van der Waals surface area contributed by atoms with Crippen molar-refractivity contribution in [2.45, 2.75) is 26.2 Å². The Bertz CT molecular complexity index is 324. The predicted octanol–water partition coefficient (Wildman–Crippen LogP) is 2.29. The summed E-state index contributed by atoms with van der Waals surface area (Å²) in [5.74, 6) is 1.50. The molecule has 1 unspecified atom stereocenters. The summed E-state index contributed by atoms with van der Waals surface area (Å²) in [7, 11) is 0. The molecule has 0 spiro atoms. The van der Waals surface area contributed by atoms with Gasteiger partial charge in [-0.05, 0) is 37.3 Å². The van der Waals surface area contributed by atoms with Gasteiger partial charge in [0, 0.05) is 19.3 Å². The van der Waals surface area contributed by atoms with Crippen molar-refractivity contribution in [1.82, 2.24) is 4.98 Å². The Labute approximate surface area is 91.3 Å². The Morgan fingerprint density at radius 3 is 3.07 bits per heavy atom. The summed E-state index contributed by atoms with van der Waals surface area (Å²) in [6, 6.07) is 4.03. The van der Waals surface area contributed by atoms with E-state index in [-0.39, 0.29) is 0 Å². The van der Waals surface area contributed by atoms with Crippen molar-refractivity contribution in [1.29, 1.82) is 0 Å². The molecule has 2 N–H and O–H groups in total. The third kappa shape index (κ3) is 2.41. The van der Waals surface area contributed by atoms with Crippen molar-refractivity contribution in [3.05, 3.63) is 18.3 Å². The monoisotopic (exact) mass is 205 g/mol. The van der Waals surface area contributed by atoms with E-state index in [1.165, 1.54) is 19.3 Å². The fourth-order valence-corrected chi connectivity index (χ4v) is 2.18. The maximum absolute atomic E-state index is 5.88. The molecule has 2 rings (SSSR count). The lowest BCUT2D eigenvalue weighted by atomic mass is 10.0. The second kappa shape index (κ2) is 4.51. The molecule has 1 aromatic heterocycles. The zero-order valence-corrected chi connectivity index (χ0v) is 9.32. The normalized spacial score (nSPS) is 22.5. The topological polar surface area (TPSA) is 42.2 Å². The van der Waals surface area contributed by atoms with Gasteiger partial charge in [0.25, 0.3) is 0 Å². The molecule has 15 heavy (non-hydrogen) atoms. The van der Waals surface area contributed by atoms with Crippen molar-refractivity contribution >= 4 is 11.5 Å². The molecule has 1 fully saturated rings. The zero-order chi connectivity index (χ0) is 10.7. The molecule has 82 valence electrons. The van der Waals surface area contributed by atoms with Crippen LogP contribution in [0.1, 0.15) is 26.2 Å². The van der Waals surface area contributed by atoms with Crippen LogP contribution in [0.4, 0.5) is 11.5 Å². The quantitative estimate of drug-likeness (QED) is 0.765. The second-order valence-electron chi connectivity index (χ2n) is 4.43. The highest BCUT2D eigenvalue weighted by atomic mass is 15.1. The summed E-state index contributed by atoms with van der Waals surface area (Å²) in [5, 5.41) is 0. The first-order valence-corrected chi connectivity index (χ1v) is 5.73. The molecule has 1 aromatic rings. The van der Waals surface area contributed by atoms with E-state index in [0.29, 0.717) is 5.82 Å². The first-order chi connectivity index (χ1) is 7.27. The molecule has 0 saturated carbocycles. The average molecular weight is 205 g/mol. The number of aromatic nitrogens is 1. The minimum absolute atomic E-state index is 0.659. The van der Waals surface area contributed by atoms with Gasteiger partial charge in [0.15, 0.2) is 0 Å². The van der Waals surface area contributed by atoms with Crippen LogP contribution in [0, 0.1) is 5.92 Å². The number of pyridine rings is 1. The highest BCUT2D eigenvalue weighted by molar-refractivity contribution is 5.62. The van der Waals surface area contributed by atoms with Crippen LogP contribution in [0.25, 0.3) is 0 Å². The first kappa shape index (κ1) is 10.3. The summed E-state index contributed by atoms with van der Waals surface area (Å²) in [6.07, 6.45) is 5.60. The van der Waals surface area contributed by atoms with Crippen LogP contribution in [-0.4, -0.2) is 18.1 Å². The molecule has 1 aliphatic rings. The van der Waals surface area contributed by atoms with Crippen molar-refractivity contribution in [3.63, 3.8) is 0 Å². The minimum Gasteiger partial charge on any atom is -0.382 e. The molecular formula is C12H19N3. The van der Waals surface area contributed by atoms with E-state index in [4.69, 9.17) is 5.73 Å². The van der Waals surface area contributed by atoms with E-state index in [1.54, 1.807) is 6.20 Å². The smallest absolute Gasteiger partial charge is 0.146 e. The molecule has 1 aliphatic heterocycles. The van der Waals surface area contributed by atoms with Crippen LogP contribution in [0.15, 0.2) is 18.3 Å². The van der Waals surface area contributed by atoms with Crippen LogP contribution >= 0.6 is 0 Å². The van der Waals surface area contributed by atoms with E-state index in [1.807, 2.05) is 6.07 Å². The standard InChI is InChI=1S/C12H19N3/c1-10-4-3-8-15(9-6-10)11-5-2-7-14-12(11)13/h2,5,7,10H,3-4,6,8-9H2,1H3,(H2,13,14). The number of rotatable bonds is 1. The zero-order valence-electron chi connectivity index (χ0n) is 9.32. The summed E-state index contributed by atoms with van der Waals surface area (Å²) < 4.78 is 0. The number of nitrogens with two attached hydrogens (primary N) is 1. The molecule has 1 atom stereocenters. The third-order valence-electron chi connectivity index (χ3n) is 3.17. The second-order valence-corrected chi connectivity index (χ2v) is 4.43. The molecular weight excluding hydrogens is 186 g/mol.